The van der Waals surface area contributed by atoms with Crippen molar-refractivity contribution < 1.29 is 24.9 Å². The molecule has 0 saturated heterocycles. The summed E-state index contributed by atoms with van der Waals surface area (Å²) < 4.78 is 5.98. The third-order valence-electron chi connectivity index (χ3n) is 5.58. The van der Waals surface area contributed by atoms with Crippen molar-refractivity contribution in [1.29, 1.82) is 0 Å². The van der Waals surface area contributed by atoms with E-state index in [0.29, 0.717) is 19.4 Å². The third-order valence-corrected chi connectivity index (χ3v) is 6.08. The number of aliphatic carboxylic acids is 1. The van der Waals surface area contributed by atoms with Crippen LogP contribution in [0.5, 0.6) is 5.75 Å². The zero-order valence-electron chi connectivity index (χ0n) is 16.6. The topological polar surface area (TPSA) is 87.0 Å². The molecule has 0 heterocycles. The van der Waals surface area contributed by atoms with Gasteiger partial charge >= 0.3 is 5.97 Å². The van der Waals surface area contributed by atoms with E-state index in [2.05, 4.69) is 0 Å². The number of carboxylic acids is 1. The first-order valence-electron chi connectivity index (χ1n) is 9.86. The molecule has 156 valence electrons. The van der Waals surface area contributed by atoms with Crippen LogP contribution in [0.1, 0.15) is 48.8 Å². The molecule has 0 spiro atoms. The van der Waals surface area contributed by atoms with Crippen LogP contribution in [0.3, 0.4) is 0 Å². The smallest absolute Gasteiger partial charge is 0.303 e. The summed E-state index contributed by atoms with van der Waals surface area (Å²) in [7, 11) is 0. The molecular formula is C22H31ClO5. The van der Waals surface area contributed by atoms with Crippen LogP contribution in [0.4, 0.5) is 0 Å². The lowest BCUT2D eigenvalue weighted by Crippen LogP contribution is -2.27. The Bertz CT molecular complexity index is 664. The van der Waals surface area contributed by atoms with Crippen LogP contribution in [0.2, 0.25) is 0 Å². The quantitative estimate of drug-likeness (QED) is 0.308. The van der Waals surface area contributed by atoms with E-state index in [1.165, 1.54) is 0 Å². The van der Waals surface area contributed by atoms with Crippen molar-refractivity contribution in [1.82, 2.24) is 0 Å². The van der Waals surface area contributed by atoms with Crippen LogP contribution >= 0.6 is 11.6 Å². The Labute approximate surface area is 172 Å². The predicted molar refractivity (Wildman–Crippen MR) is 110 cm³/mol. The van der Waals surface area contributed by atoms with E-state index in [0.717, 1.165) is 35.3 Å². The highest BCUT2D eigenvalue weighted by Gasteiger charge is 2.41. The molecule has 28 heavy (non-hydrogen) atoms. The van der Waals surface area contributed by atoms with Gasteiger partial charge in [-0.1, -0.05) is 12.2 Å². The van der Waals surface area contributed by atoms with E-state index in [9.17, 15) is 15.0 Å². The molecule has 1 saturated carbocycles. The van der Waals surface area contributed by atoms with Gasteiger partial charge in [0.1, 0.15) is 5.75 Å². The number of hydrogen-bond donors (Lipinski definition) is 3. The van der Waals surface area contributed by atoms with Crippen LogP contribution in [-0.4, -0.2) is 39.4 Å². The number of carbonyl (C=O) groups is 1. The zero-order valence-corrected chi connectivity index (χ0v) is 17.4. The van der Waals surface area contributed by atoms with E-state index in [1.807, 2.05) is 38.1 Å². The minimum Gasteiger partial charge on any atom is -0.493 e. The van der Waals surface area contributed by atoms with Crippen LogP contribution in [0.25, 0.3) is 0 Å². The van der Waals surface area contributed by atoms with Crippen molar-refractivity contribution in [2.45, 2.75) is 64.0 Å². The van der Waals surface area contributed by atoms with Gasteiger partial charge in [-0.15, -0.1) is 11.6 Å². The lowest BCUT2D eigenvalue weighted by molar-refractivity contribution is -0.137. The molecule has 0 amide bonds. The molecule has 1 aromatic carbocycles. The number of allylic oxidation sites excluding steroid dienone is 2. The summed E-state index contributed by atoms with van der Waals surface area (Å²) in [5.74, 6) is 0.0267. The van der Waals surface area contributed by atoms with Crippen molar-refractivity contribution >= 4 is 17.6 Å². The Morgan fingerprint density at radius 3 is 2.54 bits per heavy atom. The van der Waals surface area contributed by atoms with Gasteiger partial charge in [-0.25, -0.2) is 0 Å². The lowest BCUT2D eigenvalue weighted by atomic mass is 9.92. The fourth-order valence-electron chi connectivity index (χ4n) is 3.91. The standard InChI is InChI=1S/C22H31ClO5/c1-14-9-16(10-15(2)18(14)12-24)28-13-19-17(20(23)11-21(19)25)7-5-3-4-6-8-22(26)27/h3,5,9-10,17,19-21,24-25H,4,6-8,11-13H2,1-2H3,(H,26,27)/b5-3-/t17-,19+,20+,21-/m1/s1. The highest BCUT2D eigenvalue weighted by Crippen LogP contribution is 2.39. The normalized spacial score (nSPS) is 24.8. The van der Waals surface area contributed by atoms with Crippen molar-refractivity contribution in [3.63, 3.8) is 0 Å². The number of aliphatic hydroxyl groups excluding tert-OH is 2. The number of aliphatic hydroxyl groups is 2. The van der Waals surface area contributed by atoms with Gasteiger partial charge in [-0.05, 0) is 74.3 Å². The first-order valence-corrected chi connectivity index (χ1v) is 10.3. The molecule has 0 radical (unpaired) electrons. The van der Waals surface area contributed by atoms with Crippen molar-refractivity contribution in [2.24, 2.45) is 11.8 Å². The molecule has 0 aromatic heterocycles. The lowest BCUT2D eigenvalue weighted by Gasteiger charge is -2.23. The SMILES string of the molecule is Cc1cc(OC[C@H]2[C@@H](C/C=C\CCCC(=O)O)[C@@H](Cl)C[C@H]2O)cc(C)c1CO. The number of benzene rings is 1. The largest absolute Gasteiger partial charge is 0.493 e. The number of unbranched alkanes of at least 4 members (excludes halogenated alkanes) is 1. The van der Waals surface area contributed by atoms with E-state index >= 15 is 0 Å². The average molecular weight is 411 g/mol. The van der Waals surface area contributed by atoms with Crippen LogP contribution in [-0.2, 0) is 11.4 Å². The minimum absolute atomic E-state index is 0.00802. The Kier molecular flexibility index (Phi) is 8.80. The summed E-state index contributed by atoms with van der Waals surface area (Å²) in [5.41, 5.74) is 2.89. The average Bonchev–Trinajstić information content (AvgIpc) is 2.88. The summed E-state index contributed by atoms with van der Waals surface area (Å²) >= 11 is 6.47. The predicted octanol–water partition coefficient (Wildman–Crippen LogP) is 3.98. The van der Waals surface area contributed by atoms with E-state index in [4.69, 9.17) is 21.4 Å². The Morgan fingerprint density at radius 1 is 1.25 bits per heavy atom. The monoisotopic (exact) mass is 410 g/mol. The number of rotatable bonds is 10. The van der Waals surface area contributed by atoms with Gasteiger partial charge < -0.3 is 20.1 Å². The molecule has 2 rings (SSSR count). The van der Waals surface area contributed by atoms with Gasteiger partial charge in [-0.2, -0.15) is 0 Å². The molecule has 6 heteroatoms. The van der Waals surface area contributed by atoms with Crippen LogP contribution in [0, 0.1) is 25.7 Å². The highest BCUT2D eigenvalue weighted by molar-refractivity contribution is 6.21. The van der Waals surface area contributed by atoms with Crippen LogP contribution in [0.15, 0.2) is 24.3 Å². The molecule has 5 nitrogen and oxygen atoms in total. The van der Waals surface area contributed by atoms with Crippen molar-refractivity contribution in [2.75, 3.05) is 6.61 Å². The second kappa shape index (κ2) is 10.8. The molecule has 1 aromatic rings. The molecule has 3 N–H and O–H groups in total. The summed E-state index contributed by atoms with van der Waals surface area (Å²) in [4.78, 5) is 10.5. The third kappa shape index (κ3) is 6.23. The first-order chi connectivity index (χ1) is 13.3. The molecule has 0 unspecified atom stereocenters. The number of aryl methyl sites for hydroxylation is 2. The fraction of sp³-hybridized carbons (Fsp3) is 0.591. The Morgan fingerprint density at radius 2 is 1.93 bits per heavy atom. The van der Waals surface area contributed by atoms with E-state index < -0.39 is 12.1 Å². The van der Waals surface area contributed by atoms with Gasteiger partial charge in [-0.3, -0.25) is 4.79 Å². The van der Waals surface area contributed by atoms with Crippen molar-refractivity contribution in [3.05, 3.63) is 41.0 Å². The highest BCUT2D eigenvalue weighted by atomic mass is 35.5. The molecule has 1 aliphatic rings. The summed E-state index contributed by atoms with van der Waals surface area (Å²) in [6.07, 6.45) is 6.36. The molecular weight excluding hydrogens is 380 g/mol. The molecule has 1 fully saturated rings. The molecule has 0 bridgehead atoms. The number of alkyl halides is 1. The van der Waals surface area contributed by atoms with E-state index in [-0.39, 0.29) is 30.2 Å². The van der Waals surface area contributed by atoms with Gasteiger partial charge in [0.25, 0.3) is 0 Å². The first kappa shape index (κ1) is 22.7. The summed E-state index contributed by atoms with van der Waals surface area (Å²) in [5, 5.41) is 28.4. The second-order valence-corrected chi connectivity index (χ2v) is 8.21. The molecule has 1 aliphatic carbocycles. The van der Waals surface area contributed by atoms with Gasteiger partial charge in [0.05, 0.1) is 19.3 Å². The zero-order chi connectivity index (χ0) is 20.7. The van der Waals surface area contributed by atoms with Crippen LogP contribution < -0.4 is 4.74 Å². The number of ether oxygens (including phenoxy) is 1. The summed E-state index contributed by atoms with van der Waals surface area (Å²) in [6, 6.07) is 3.82. The number of carboxylic acid groups (broad SMARTS) is 1. The minimum atomic E-state index is -0.775. The molecule has 0 aliphatic heterocycles. The Balaban J connectivity index is 1.93. The fourth-order valence-corrected chi connectivity index (χ4v) is 4.38. The maximum Gasteiger partial charge on any atom is 0.303 e. The maximum atomic E-state index is 10.5. The maximum absolute atomic E-state index is 10.5. The number of hydrogen-bond acceptors (Lipinski definition) is 4. The van der Waals surface area contributed by atoms with Crippen molar-refractivity contribution in [3.8, 4) is 5.75 Å². The Hall–Kier alpha value is -1.56. The molecule has 4 atom stereocenters. The van der Waals surface area contributed by atoms with Gasteiger partial charge in [0, 0.05) is 17.7 Å². The second-order valence-electron chi connectivity index (χ2n) is 7.64. The summed E-state index contributed by atoms with van der Waals surface area (Å²) in [6.45, 7) is 4.29. The number of halogens is 1. The van der Waals surface area contributed by atoms with E-state index in [1.54, 1.807) is 0 Å². The van der Waals surface area contributed by atoms with Gasteiger partial charge in [0.15, 0.2) is 0 Å². The van der Waals surface area contributed by atoms with Gasteiger partial charge in [0.2, 0.25) is 0 Å².